The molecule has 7 nitrogen and oxygen atoms in total. The Balaban J connectivity index is 2.23. The van der Waals surface area contributed by atoms with E-state index >= 15 is 0 Å². The molecule has 0 unspecified atom stereocenters. The van der Waals surface area contributed by atoms with Crippen LogP contribution in [0.2, 0.25) is 0 Å². The molecule has 0 saturated heterocycles. The Morgan fingerprint density at radius 3 is 2.85 bits per heavy atom. The highest BCUT2D eigenvalue weighted by molar-refractivity contribution is 5.03. The van der Waals surface area contributed by atoms with Crippen LogP contribution in [0.1, 0.15) is 24.8 Å². The summed E-state index contributed by atoms with van der Waals surface area (Å²) in [5.74, 6) is 0. The van der Waals surface area contributed by atoms with Gasteiger partial charge in [-0.2, -0.15) is 0 Å². The second kappa shape index (κ2) is 5.51. The van der Waals surface area contributed by atoms with Crippen LogP contribution in [0.5, 0.6) is 0 Å². The number of hydrogen-bond acceptors (Lipinski definition) is 5. The molecule has 0 radical (unpaired) electrons. The van der Waals surface area contributed by atoms with Crippen molar-refractivity contribution in [2.45, 2.75) is 50.5 Å². The molecule has 0 aliphatic heterocycles. The van der Waals surface area contributed by atoms with Crippen LogP contribution in [0.4, 0.5) is 0 Å². The summed E-state index contributed by atoms with van der Waals surface area (Å²) in [6.07, 6.45) is 2.05. The Kier molecular flexibility index (Phi) is 4.12. The van der Waals surface area contributed by atoms with Gasteiger partial charge >= 0.3 is 5.69 Å². The first kappa shape index (κ1) is 15.0. The summed E-state index contributed by atoms with van der Waals surface area (Å²) >= 11 is 0. The molecular formula is C13H21N3O4. The molecule has 2 rings (SSSR count). The first-order valence-corrected chi connectivity index (χ1v) is 6.74. The monoisotopic (exact) mass is 283 g/mol. The quantitative estimate of drug-likeness (QED) is 0.552. The number of nitrogens with zero attached hydrogens (tertiary/aromatic N) is 1. The van der Waals surface area contributed by atoms with Crippen molar-refractivity contribution in [3.8, 4) is 0 Å². The van der Waals surface area contributed by atoms with Crippen molar-refractivity contribution in [3.63, 3.8) is 0 Å². The van der Waals surface area contributed by atoms with Crippen LogP contribution in [0.3, 0.4) is 0 Å². The van der Waals surface area contributed by atoms with Crippen molar-refractivity contribution in [2.75, 3.05) is 7.05 Å². The zero-order valence-electron chi connectivity index (χ0n) is 11.7. The molecule has 1 fully saturated rings. The van der Waals surface area contributed by atoms with E-state index in [1.165, 1.54) is 10.8 Å². The van der Waals surface area contributed by atoms with Gasteiger partial charge in [0.1, 0.15) is 5.60 Å². The van der Waals surface area contributed by atoms with E-state index in [0.717, 1.165) is 6.42 Å². The number of aliphatic hydroxyl groups excluding tert-OH is 1. The van der Waals surface area contributed by atoms with Gasteiger partial charge in [0.2, 0.25) is 0 Å². The van der Waals surface area contributed by atoms with Crippen LogP contribution >= 0.6 is 0 Å². The third-order valence-electron chi connectivity index (χ3n) is 4.10. The molecule has 112 valence electrons. The van der Waals surface area contributed by atoms with E-state index < -0.39 is 23.0 Å². The lowest BCUT2D eigenvalue weighted by Gasteiger charge is -2.40. The molecule has 4 N–H and O–H groups in total. The summed E-state index contributed by atoms with van der Waals surface area (Å²) in [4.78, 5) is 25.3. The van der Waals surface area contributed by atoms with E-state index in [1.54, 1.807) is 6.92 Å². The topological polar surface area (TPSA) is 107 Å². The Morgan fingerprint density at radius 2 is 2.25 bits per heavy atom. The van der Waals surface area contributed by atoms with Crippen molar-refractivity contribution in [1.29, 1.82) is 0 Å². The van der Waals surface area contributed by atoms with Gasteiger partial charge in [-0.1, -0.05) is 0 Å². The van der Waals surface area contributed by atoms with E-state index in [-0.39, 0.29) is 12.6 Å². The molecule has 0 spiro atoms. The number of rotatable bonds is 3. The smallest absolute Gasteiger partial charge is 0.328 e. The van der Waals surface area contributed by atoms with Crippen molar-refractivity contribution >= 4 is 0 Å². The van der Waals surface area contributed by atoms with E-state index in [0.29, 0.717) is 18.4 Å². The van der Waals surface area contributed by atoms with Crippen LogP contribution in [-0.2, 0) is 6.54 Å². The Morgan fingerprint density at radius 1 is 1.55 bits per heavy atom. The van der Waals surface area contributed by atoms with E-state index in [4.69, 9.17) is 0 Å². The fourth-order valence-electron chi connectivity index (χ4n) is 2.68. The van der Waals surface area contributed by atoms with Gasteiger partial charge in [0, 0.05) is 17.8 Å². The molecule has 7 heteroatoms. The standard InChI is InChI=1S/C13H21N3O4/c1-8-6-16(12(19)15-11(8)18)7-13(20)4-3-9(14-2)5-10(13)17/h6,9-10,14,17,20H,3-5,7H2,1-2H3,(H,15,18,19)/t9-,10+,13+/m0/s1. The molecule has 1 heterocycles. The predicted octanol–water partition coefficient (Wildman–Crippen LogP) is -1.29. The number of aryl methyl sites for hydroxylation is 1. The second-order valence-electron chi connectivity index (χ2n) is 5.58. The van der Waals surface area contributed by atoms with Crippen molar-refractivity contribution in [2.24, 2.45) is 0 Å². The number of nitrogens with one attached hydrogen (secondary N) is 2. The molecule has 0 aromatic carbocycles. The highest BCUT2D eigenvalue weighted by Crippen LogP contribution is 2.30. The first-order valence-electron chi connectivity index (χ1n) is 6.74. The van der Waals surface area contributed by atoms with Crippen LogP contribution in [0, 0.1) is 6.92 Å². The second-order valence-corrected chi connectivity index (χ2v) is 5.58. The fourth-order valence-corrected chi connectivity index (χ4v) is 2.68. The minimum Gasteiger partial charge on any atom is -0.390 e. The fraction of sp³-hybridized carbons (Fsp3) is 0.692. The predicted molar refractivity (Wildman–Crippen MR) is 73.7 cm³/mol. The van der Waals surface area contributed by atoms with Gasteiger partial charge in [-0.25, -0.2) is 4.79 Å². The van der Waals surface area contributed by atoms with Crippen molar-refractivity contribution in [3.05, 3.63) is 32.6 Å². The largest absolute Gasteiger partial charge is 0.390 e. The third kappa shape index (κ3) is 2.84. The Labute approximate surface area is 116 Å². The lowest BCUT2D eigenvalue weighted by Crippen LogP contribution is -2.54. The van der Waals surface area contributed by atoms with Crippen molar-refractivity contribution < 1.29 is 10.2 Å². The minimum absolute atomic E-state index is 0.0267. The van der Waals surface area contributed by atoms with Crippen LogP contribution in [0.25, 0.3) is 0 Å². The zero-order valence-corrected chi connectivity index (χ0v) is 11.7. The summed E-state index contributed by atoms with van der Waals surface area (Å²) in [6.45, 7) is 1.56. The summed E-state index contributed by atoms with van der Waals surface area (Å²) in [7, 11) is 1.82. The van der Waals surface area contributed by atoms with E-state index in [9.17, 15) is 19.8 Å². The Bertz CT molecular complexity index is 594. The maximum Gasteiger partial charge on any atom is 0.328 e. The molecule has 1 aliphatic rings. The van der Waals surface area contributed by atoms with Gasteiger partial charge in [0.05, 0.1) is 12.6 Å². The maximum atomic E-state index is 11.7. The molecule has 20 heavy (non-hydrogen) atoms. The number of hydrogen-bond donors (Lipinski definition) is 4. The maximum absolute atomic E-state index is 11.7. The van der Waals surface area contributed by atoms with Gasteiger partial charge < -0.3 is 15.5 Å². The molecule has 1 aliphatic carbocycles. The number of aliphatic hydroxyl groups is 2. The molecular weight excluding hydrogens is 262 g/mol. The first-order chi connectivity index (χ1) is 9.35. The van der Waals surface area contributed by atoms with Gasteiger partial charge in [-0.3, -0.25) is 14.3 Å². The number of aromatic amines is 1. The summed E-state index contributed by atoms with van der Waals surface area (Å²) < 4.78 is 1.25. The number of aromatic nitrogens is 2. The van der Waals surface area contributed by atoms with Gasteiger partial charge in [0.15, 0.2) is 0 Å². The highest BCUT2D eigenvalue weighted by Gasteiger charge is 2.41. The minimum atomic E-state index is -1.35. The van der Waals surface area contributed by atoms with Gasteiger partial charge in [-0.15, -0.1) is 0 Å². The molecule has 0 amide bonds. The lowest BCUT2D eigenvalue weighted by molar-refractivity contribution is -0.115. The normalized spacial score (nSPS) is 30.4. The average Bonchev–Trinajstić information content (AvgIpc) is 2.39. The van der Waals surface area contributed by atoms with Crippen LogP contribution in [0.15, 0.2) is 15.8 Å². The molecule has 0 bridgehead atoms. The van der Waals surface area contributed by atoms with Crippen molar-refractivity contribution in [1.82, 2.24) is 14.9 Å². The molecule has 1 saturated carbocycles. The van der Waals surface area contributed by atoms with E-state index in [2.05, 4.69) is 10.3 Å². The average molecular weight is 283 g/mol. The summed E-state index contributed by atoms with van der Waals surface area (Å²) in [5, 5.41) is 23.8. The SMILES string of the molecule is CN[C@H]1CC[C@@](O)(Cn2cc(C)c(=O)[nH]c2=O)[C@H](O)C1. The van der Waals surface area contributed by atoms with Gasteiger partial charge in [-0.05, 0) is 33.2 Å². The number of H-pyrrole nitrogens is 1. The van der Waals surface area contributed by atoms with Crippen LogP contribution < -0.4 is 16.6 Å². The third-order valence-corrected chi connectivity index (χ3v) is 4.10. The lowest BCUT2D eigenvalue weighted by atomic mass is 9.79. The summed E-state index contributed by atoms with van der Waals surface area (Å²) in [5.41, 5.74) is -1.96. The summed E-state index contributed by atoms with van der Waals surface area (Å²) in [6, 6.07) is 0.166. The highest BCUT2D eigenvalue weighted by atomic mass is 16.3. The van der Waals surface area contributed by atoms with E-state index in [1.807, 2.05) is 7.05 Å². The van der Waals surface area contributed by atoms with Gasteiger partial charge in [0.25, 0.3) is 5.56 Å². The molecule has 1 aromatic heterocycles. The Hall–Kier alpha value is -1.44. The molecule has 3 atom stereocenters. The molecule has 1 aromatic rings. The van der Waals surface area contributed by atoms with Crippen LogP contribution in [-0.4, -0.2) is 44.6 Å². The zero-order chi connectivity index (χ0) is 14.9.